The molecule has 0 bridgehead atoms. The molecule has 0 aliphatic heterocycles. The maximum absolute atomic E-state index is 13.3. The van der Waals surface area contributed by atoms with Crippen LogP contribution in [0.25, 0.3) is 0 Å². The molecule has 0 radical (unpaired) electrons. The lowest BCUT2D eigenvalue weighted by Crippen LogP contribution is -1.94. The first-order valence-electron chi connectivity index (χ1n) is 4.30. The van der Waals surface area contributed by atoms with E-state index in [4.69, 9.17) is 5.26 Å². The average molecular weight is 177 g/mol. The third-order valence-electron chi connectivity index (χ3n) is 1.97. The molecule has 0 fully saturated rings. The predicted molar refractivity (Wildman–Crippen MR) is 49.8 cm³/mol. The molecular weight excluding hydrogens is 165 g/mol. The van der Waals surface area contributed by atoms with Gasteiger partial charge in [-0.15, -0.1) is 0 Å². The topological polar surface area (TPSA) is 23.8 Å². The van der Waals surface area contributed by atoms with Crippen molar-refractivity contribution in [1.82, 2.24) is 0 Å². The summed E-state index contributed by atoms with van der Waals surface area (Å²) in [4.78, 5) is 0. The van der Waals surface area contributed by atoms with Crippen LogP contribution < -0.4 is 0 Å². The molecule has 0 aliphatic carbocycles. The molecule has 0 saturated heterocycles. The number of halogens is 1. The van der Waals surface area contributed by atoms with E-state index in [2.05, 4.69) is 0 Å². The summed E-state index contributed by atoms with van der Waals surface area (Å²) in [6.07, 6.45) is 0.273. The van der Waals surface area contributed by atoms with Gasteiger partial charge >= 0.3 is 0 Å². The molecule has 0 unspecified atom stereocenters. The minimum atomic E-state index is -0.206. The standard InChI is InChI=1S/C11H12FN/c1-8(2)10-4-3-9(5-6-13)7-11(10)12/h3-4,7-8H,5H2,1-2H3. The normalized spacial score (nSPS) is 10.1. The van der Waals surface area contributed by atoms with E-state index in [1.807, 2.05) is 26.0 Å². The Balaban J connectivity index is 3.00. The van der Waals surface area contributed by atoms with Crippen LogP contribution >= 0.6 is 0 Å². The molecule has 1 rings (SSSR count). The van der Waals surface area contributed by atoms with E-state index in [1.165, 1.54) is 6.07 Å². The Labute approximate surface area is 77.8 Å². The summed E-state index contributed by atoms with van der Waals surface area (Å²) in [7, 11) is 0. The van der Waals surface area contributed by atoms with Crippen LogP contribution in [0.4, 0.5) is 4.39 Å². The lowest BCUT2D eigenvalue weighted by atomic mass is 10.0. The van der Waals surface area contributed by atoms with Gasteiger partial charge in [0.25, 0.3) is 0 Å². The molecule has 1 aromatic rings. The van der Waals surface area contributed by atoms with Crippen LogP contribution in [-0.2, 0) is 6.42 Å². The highest BCUT2D eigenvalue weighted by atomic mass is 19.1. The summed E-state index contributed by atoms with van der Waals surface area (Å²) in [5.74, 6) is -0.0149. The van der Waals surface area contributed by atoms with Crippen LogP contribution in [0.15, 0.2) is 18.2 Å². The van der Waals surface area contributed by atoms with Crippen LogP contribution in [0.1, 0.15) is 30.9 Å². The predicted octanol–water partition coefficient (Wildman–Crippen LogP) is 3.02. The molecule has 0 heterocycles. The molecule has 0 spiro atoms. The van der Waals surface area contributed by atoms with Crippen molar-refractivity contribution in [2.45, 2.75) is 26.2 Å². The van der Waals surface area contributed by atoms with Crippen molar-refractivity contribution in [3.8, 4) is 6.07 Å². The van der Waals surface area contributed by atoms with Gasteiger partial charge in [-0.05, 0) is 23.1 Å². The third-order valence-corrected chi connectivity index (χ3v) is 1.97. The maximum atomic E-state index is 13.3. The summed E-state index contributed by atoms with van der Waals surface area (Å²) in [5, 5.41) is 8.42. The van der Waals surface area contributed by atoms with Crippen LogP contribution in [0, 0.1) is 17.1 Å². The molecule has 0 amide bonds. The zero-order valence-corrected chi connectivity index (χ0v) is 7.84. The van der Waals surface area contributed by atoms with Crippen molar-refractivity contribution in [1.29, 1.82) is 5.26 Å². The van der Waals surface area contributed by atoms with Crippen molar-refractivity contribution in [2.75, 3.05) is 0 Å². The minimum Gasteiger partial charge on any atom is -0.207 e. The lowest BCUT2D eigenvalue weighted by Gasteiger charge is -2.07. The third kappa shape index (κ3) is 2.29. The Bertz CT molecular complexity index is 336. The molecule has 0 atom stereocenters. The van der Waals surface area contributed by atoms with Gasteiger partial charge in [-0.1, -0.05) is 26.0 Å². The van der Waals surface area contributed by atoms with E-state index >= 15 is 0 Å². The Morgan fingerprint density at radius 1 is 1.46 bits per heavy atom. The first kappa shape index (κ1) is 9.73. The number of nitriles is 1. The van der Waals surface area contributed by atoms with Gasteiger partial charge in [0.15, 0.2) is 0 Å². The van der Waals surface area contributed by atoms with Crippen molar-refractivity contribution < 1.29 is 4.39 Å². The molecule has 1 aromatic carbocycles. The fourth-order valence-corrected chi connectivity index (χ4v) is 1.24. The Kier molecular flexibility index (Phi) is 3.02. The van der Waals surface area contributed by atoms with Crippen molar-refractivity contribution in [3.05, 3.63) is 35.1 Å². The Morgan fingerprint density at radius 2 is 2.15 bits per heavy atom. The van der Waals surface area contributed by atoms with Gasteiger partial charge < -0.3 is 0 Å². The minimum absolute atomic E-state index is 0.191. The summed E-state index contributed by atoms with van der Waals surface area (Å²) in [6.45, 7) is 3.89. The number of rotatable bonds is 2. The monoisotopic (exact) mass is 177 g/mol. The maximum Gasteiger partial charge on any atom is 0.126 e. The number of benzene rings is 1. The molecule has 0 N–H and O–H groups in total. The van der Waals surface area contributed by atoms with Crippen molar-refractivity contribution in [3.63, 3.8) is 0 Å². The van der Waals surface area contributed by atoms with Gasteiger partial charge in [0, 0.05) is 0 Å². The van der Waals surface area contributed by atoms with Crippen molar-refractivity contribution >= 4 is 0 Å². The molecule has 2 heteroatoms. The molecule has 1 nitrogen and oxygen atoms in total. The van der Waals surface area contributed by atoms with Gasteiger partial charge in [-0.2, -0.15) is 5.26 Å². The number of nitrogens with zero attached hydrogens (tertiary/aromatic N) is 1. The summed E-state index contributed by atoms with van der Waals surface area (Å²) in [5.41, 5.74) is 1.45. The molecular formula is C11H12FN. The van der Waals surface area contributed by atoms with E-state index in [1.54, 1.807) is 6.07 Å². The van der Waals surface area contributed by atoms with Gasteiger partial charge in [0.05, 0.1) is 12.5 Å². The van der Waals surface area contributed by atoms with Crippen LogP contribution in [0.3, 0.4) is 0 Å². The Hall–Kier alpha value is -1.36. The second-order valence-corrected chi connectivity index (χ2v) is 3.35. The molecule has 0 aromatic heterocycles. The van der Waals surface area contributed by atoms with E-state index in [0.717, 1.165) is 5.56 Å². The first-order chi connectivity index (χ1) is 6.15. The van der Waals surface area contributed by atoms with Crippen molar-refractivity contribution in [2.24, 2.45) is 0 Å². The SMILES string of the molecule is CC(C)c1ccc(CC#N)cc1F. The highest BCUT2D eigenvalue weighted by Gasteiger charge is 2.06. The number of hydrogen-bond donors (Lipinski definition) is 0. The quantitative estimate of drug-likeness (QED) is 0.681. The second-order valence-electron chi connectivity index (χ2n) is 3.35. The molecule has 13 heavy (non-hydrogen) atoms. The lowest BCUT2D eigenvalue weighted by molar-refractivity contribution is 0.597. The number of hydrogen-bond acceptors (Lipinski definition) is 1. The fraction of sp³-hybridized carbons (Fsp3) is 0.364. The average Bonchev–Trinajstić information content (AvgIpc) is 2.04. The highest BCUT2D eigenvalue weighted by Crippen LogP contribution is 2.19. The van der Waals surface area contributed by atoms with Crippen LogP contribution in [-0.4, -0.2) is 0 Å². The van der Waals surface area contributed by atoms with Gasteiger partial charge in [-0.3, -0.25) is 0 Å². The highest BCUT2D eigenvalue weighted by molar-refractivity contribution is 5.28. The van der Waals surface area contributed by atoms with Gasteiger partial charge in [-0.25, -0.2) is 4.39 Å². The molecule has 0 saturated carbocycles. The van der Waals surface area contributed by atoms with Gasteiger partial charge in [0.1, 0.15) is 5.82 Å². The van der Waals surface area contributed by atoms with E-state index in [0.29, 0.717) is 5.56 Å². The molecule has 68 valence electrons. The van der Waals surface area contributed by atoms with E-state index in [9.17, 15) is 4.39 Å². The summed E-state index contributed by atoms with van der Waals surface area (Å²) < 4.78 is 13.3. The first-order valence-corrected chi connectivity index (χ1v) is 4.30. The van der Waals surface area contributed by atoms with Crippen LogP contribution in [0.5, 0.6) is 0 Å². The fourth-order valence-electron chi connectivity index (χ4n) is 1.24. The summed E-state index contributed by atoms with van der Waals surface area (Å²) in [6, 6.07) is 7.00. The Morgan fingerprint density at radius 3 is 2.62 bits per heavy atom. The summed E-state index contributed by atoms with van der Waals surface area (Å²) >= 11 is 0. The smallest absolute Gasteiger partial charge is 0.126 e. The van der Waals surface area contributed by atoms with E-state index < -0.39 is 0 Å². The second kappa shape index (κ2) is 4.04. The van der Waals surface area contributed by atoms with Gasteiger partial charge in [0.2, 0.25) is 0 Å². The zero-order chi connectivity index (χ0) is 9.84. The zero-order valence-electron chi connectivity index (χ0n) is 7.84. The van der Waals surface area contributed by atoms with Crippen LogP contribution in [0.2, 0.25) is 0 Å². The largest absolute Gasteiger partial charge is 0.207 e. The van der Waals surface area contributed by atoms with E-state index in [-0.39, 0.29) is 18.2 Å². The molecule has 0 aliphatic rings.